The molecule has 4 aliphatic rings. The third-order valence-electron chi connectivity index (χ3n) is 7.81. The van der Waals surface area contributed by atoms with Crippen molar-refractivity contribution in [3.05, 3.63) is 35.9 Å². The van der Waals surface area contributed by atoms with Crippen molar-refractivity contribution in [1.82, 2.24) is 21.5 Å². The van der Waals surface area contributed by atoms with Crippen LogP contribution >= 0.6 is 0 Å². The summed E-state index contributed by atoms with van der Waals surface area (Å²) < 4.78 is 5.51. The van der Waals surface area contributed by atoms with Crippen LogP contribution in [-0.4, -0.2) is 43.4 Å². The molecule has 3 aliphatic heterocycles. The van der Waals surface area contributed by atoms with Crippen LogP contribution in [0.1, 0.15) is 50.5 Å². The summed E-state index contributed by atoms with van der Waals surface area (Å²) in [6.45, 7) is 3.93. The van der Waals surface area contributed by atoms with Crippen molar-refractivity contribution in [2.45, 2.75) is 69.2 Å². The van der Waals surface area contributed by atoms with E-state index in [1.165, 1.54) is 5.56 Å². The van der Waals surface area contributed by atoms with E-state index in [9.17, 15) is 4.79 Å². The average molecular weight is 399 g/mol. The van der Waals surface area contributed by atoms with Crippen LogP contribution in [-0.2, 0) is 9.53 Å². The number of carbonyl (C=O) groups excluding carboxylic acids is 1. The largest absolute Gasteiger partial charge is 0.381 e. The zero-order valence-electron chi connectivity index (χ0n) is 17.3. The number of piperidine rings is 1. The summed E-state index contributed by atoms with van der Waals surface area (Å²) in [5.41, 5.74) is 8.29. The molecule has 1 aromatic carbocycles. The quantitative estimate of drug-likeness (QED) is 0.623. The third kappa shape index (κ3) is 3.96. The standard InChI is InChI=1S/C23H34N4O2/c1-14(15-5-3-2-4-6-15)18-11-16-12-19-21(13-20(16)25-23(18)28)26-27-22(19)24-17-7-9-29-10-8-17/h2-6,14,16-22,24,26-27H,7-13H2,1H3,(H,25,28)/t14-,16?,18?,19?,20?,21?,22?/m1/s1. The summed E-state index contributed by atoms with van der Waals surface area (Å²) in [5.74, 6) is 1.70. The van der Waals surface area contributed by atoms with Gasteiger partial charge in [0.1, 0.15) is 0 Å². The van der Waals surface area contributed by atoms with Crippen molar-refractivity contribution in [1.29, 1.82) is 0 Å². The van der Waals surface area contributed by atoms with Crippen LogP contribution in [0.25, 0.3) is 0 Å². The smallest absolute Gasteiger partial charge is 0.223 e. The van der Waals surface area contributed by atoms with E-state index in [0.29, 0.717) is 36.1 Å². The van der Waals surface area contributed by atoms with E-state index in [1.807, 2.05) is 6.07 Å². The van der Waals surface area contributed by atoms with Crippen molar-refractivity contribution in [2.75, 3.05) is 13.2 Å². The number of carbonyl (C=O) groups is 1. The van der Waals surface area contributed by atoms with Crippen molar-refractivity contribution in [2.24, 2.45) is 17.8 Å². The summed E-state index contributed by atoms with van der Waals surface area (Å²) >= 11 is 0. The second-order valence-electron chi connectivity index (χ2n) is 9.48. The Morgan fingerprint density at radius 2 is 1.83 bits per heavy atom. The lowest BCUT2D eigenvalue weighted by Gasteiger charge is -2.45. The Hall–Kier alpha value is -1.47. The SMILES string of the molecule is C[C@H](c1ccccc1)C1CC2CC3C(CC2NC1=O)NNC3NC1CCOCC1. The number of amides is 1. The normalized spacial score (nSPS) is 38.7. The molecule has 6 heteroatoms. The first kappa shape index (κ1) is 19.5. The zero-order chi connectivity index (χ0) is 19.8. The Balaban J connectivity index is 1.25. The predicted octanol–water partition coefficient (Wildman–Crippen LogP) is 1.89. The monoisotopic (exact) mass is 398 g/mol. The number of benzene rings is 1. The maximum absolute atomic E-state index is 12.9. The summed E-state index contributed by atoms with van der Waals surface area (Å²) in [6.07, 6.45) is 5.68. The number of hydrazine groups is 1. The van der Waals surface area contributed by atoms with E-state index >= 15 is 0 Å². The number of fused-ring (bicyclic) bond motifs is 2. The van der Waals surface area contributed by atoms with Crippen LogP contribution in [0.2, 0.25) is 0 Å². The molecule has 4 N–H and O–H groups in total. The highest BCUT2D eigenvalue weighted by molar-refractivity contribution is 5.81. The fourth-order valence-corrected chi connectivity index (χ4v) is 6.02. The van der Waals surface area contributed by atoms with Crippen LogP contribution < -0.4 is 21.5 Å². The van der Waals surface area contributed by atoms with Gasteiger partial charge in [-0.25, -0.2) is 5.43 Å². The Morgan fingerprint density at radius 1 is 1.03 bits per heavy atom. The highest BCUT2D eigenvalue weighted by atomic mass is 16.5. The second kappa shape index (κ2) is 8.34. The summed E-state index contributed by atoms with van der Waals surface area (Å²) in [6, 6.07) is 11.8. The molecule has 1 amide bonds. The molecule has 0 radical (unpaired) electrons. The van der Waals surface area contributed by atoms with Crippen molar-refractivity contribution >= 4 is 5.91 Å². The van der Waals surface area contributed by atoms with Gasteiger partial charge < -0.3 is 10.1 Å². The second-order valence-corrected chi connectivity index (χ2v) is 9.48. The molecule has 1 aliphatic carbocycles. The van der Waals surface area contributed by atoms with Crippen LogP contribution in [0, 0.1) is 17.8 Å². The van der Waals surface area contributed by atoms with E-state index in [2.05, 4.69) is 52.7 Å². The molecule has 3 saturated heterocycles. The first-order valence-electron chi connectivity index (χ1n) is 11.4. The maximum atomic E-state index is 12.9. The van der Waals surface area contributed by atoms with E-state index in [0.717, 1.165) is 45.3 Å². The number of rotatable bonds is 4. The van der Waals surface area contributed by atoms with Crippen LogP contribution in [0.5, 0.6) is 0 Å². The topological polar surface area (TPSA) is 74.4 Å². The molecule has 158 valence electrons. The van der Waals surface area contributed by atoms with Crippen LogP contribution in [0.15, 0.2) is 30.3 Å². The van der Waals surface area contributed by atoms with Gasteiger partial charge >= 0.3 is 0 Å². The lowest BCUT2D eigenvalue weighted by Crippen LogP contribution is -2.57. The van der Waals surface area contributed by atoms with Gasteiger partial charge in [0.25, 0.3) is 0 Å². The first-order chi connectivity index (χ1) is 14.2. The van der Waals surface area contributed by atoms with Crippen LogP contribution in [0.4, 0.5) is 0 Å². The number of ether oxygens (including phenoxy) is 1. The molecule has 5 rings (SSSR count). The molecule has 3 heterocycles. The molecule has 1 aromatic rings. The van der Waals surface area contributed by atoms with E-state index in [1.54, 1.807) is 0 Å². The average Bonchev–Trinajstić information content (AvgIpc) is 3.14. The molecular weight excluding hydrogens is 364 g/mol. The van der Waals surface area contributed by atoms with Crippen molar-refractivity contribution < 1.29 is 9.53 Å². The van der Waals surface area contributed by atoms with Crippen molar-refractivity contribution in [3.8, 4) is 0 Å². The molecule has 1 saturated carbocycles. The number of hydrogen-bond donors (Lipinski definition) is 4. The maximum Gasteiger partial charge on any atom is 0.223 e. The Labute approximate surface area is 173 Å². The molecule has 7 atom stereocenters. The van der Waals surface area contributed by atoms with E-state index in [4.69, 9.17) is 4.74 Å². The summed E-state index contributed by atoms with van der Waals surface area (Å²) in [5, 5.41) is 7.22. The van der Waals surface area contributed by atoms with Gasteiger partial charge in [-0.1, -0.05) is 37.3 Å². The van der Waals surface area contributed by atoms with Gasteiger partial charge in [-0.2, -0.15) is 0 Å². The minimum Gasteiger partial charge on any atom is -0.381 e. The van der Waals surface area contributed by atoms with E-state index in [-0.39, 0.29) is 17.7 Å². The number of hydrogen-bond acceptors (Lipinski definition) is 5. The van der Waals surface area contributed by atoms with Gasteiger partial charge in [-0.15, -0.1) is 0 Å². The molecule has 6 unspecified atom stereocenters. The van der Waals surface area contributed by atoms with E-state index < -0.39 is 0 Å². The first-order valence-corrected chi connectivity index (χ1v) is 11.4. The van der Waals surface area contributed by atoms with Gasteiger partial charge in [-0.05, 0) is 49.5 Å². The molecule has 0 aromatic heterocycles. The van der Waals surface area contributed by atoms with Gasteiger partial charge in [-0.3, -0.25) is 15.5 Å². The van der Waals surface area contributed by atoms with Gasteiger partial charge in [0, 0.05) is 43.2 Å². The molecule has 0 spiro atoms. The Kier molecular flexibility index (Phi) is 5.61. The molecule has 29 heavy (non-hydrogen) atoms. The lowest BCUT2D eigenvalue weighted by atomic mass is 9.67. The van der Waals surface area contributed by atoms with Gasteiger partial charge in [0.2, 0.25) is 5.91 Å². The lowest BCUT2D eigenvalue weighted by molar-refractivity contribution is -0.131. The molecule has 6 nitrogen and oxygen atoms in total. The van der Waals surface area contributed by atoms with Crippen LogP contribution in [0.3, 0.4) is 0 Å². The fraction of sp³-hybridized carbons (Fsp3) is 0.696. The third-order valence-corrected chi connectivity index (χ3v) is 7.81. The molecular formula is C23H34N4O2. The highest BCUT2D eigenvalue weighted by Crippen LogP contribution is 2.42. The highest BCUT2D eigenvalue weighted by Gasteiger charge is 2.48. The molecule has 0 bridgehead atoms. The predicted molar refractivity (Wildman–Crippen MR) is 112 cm³/mol. The summed E-state index contributed by atoms with van der Waals surface area (Å²) in [4.78, 5) is 12.9. The number of nitrogens with one attached hydrogen (secondary N) is 4. The Morgan fingerprint density at radius 3 is 2.62 bits per heavy atom. The summed E-state index contributed by atoms with van der Waals surface area (Å²) in [7, 11) is 0. The Bertz CT molecular complexity index is 708. The van der Waals surface area contributed by atoms with Gasteiger partial charge in [0.05, 0.1) is 6.17 Å². The molecule has 4 fully saturated rings. The zero-order valence-corrected chi connectivity index (χ0v) is 17.3. The minimum atomic E-state index is 0.0689. The van der Waals surface area contributed by atoms with Crippen molar-refractivity contribution in [3.63, 3.8) is 0 Å². The fourth-order valence-electron chi connectivity index (χ4n) is 6.02. The minimum absolute atomic E-state index is 0.0689. The van der Waals surface area contributed by atoms with Gasteiger partial charge in [0.15, 0.2) is 0 Å².